The Morgan fingerprint density at radius 2 is 2.10 bits per heavy atom. The number of benzene rings is 1. The second-order valence-electron chi connectivity index (χ2n) is 4.06. The summed E-state index contributed by atoms with van der Waals surface area (Å²) in [4.78, 5) is 16.0. The van der Waals surface area contributed by atoms with Crippen molar-refractivity contribution < 1.29 is 13.9 Å². The first-order valence-electron chi connectivity index (χ1n) is 6.31. The zero-order valence-electron chi connectivity index (χ0n) is 11.1. The number of pyridine rings is 1. The van der Waals surface area contributed by atoms with Gasteiger partial charge in [-0.05, 0) is 25.1 Å². The fourth-order valence-electron chi connectivity index (χ4n) is 1.74. The summed E-state index contributed by atoms with van der Waals surface area (Å²) in [5, 5.41) is 2.66. The van der Waals surface area contributed by atoms with Crippen LogP contribution in [0, 0.1) is 5.82 Å². The second kappa shape index (κ2) is 6.65. The zero-order valence-corrected chi connectivity index (χ0v) is 11.1. The van der Waals surface area contributed by atoms with Crippen LogP contribution in [-0.4, -0.2) is 17.5 Å². The highest BCUT2D eigenvalue weighted by Gasteiger charge is 2.11. The predicted octanol–water partition coefficient (Wildman–Crippen LogP) is 2.55. The third-order valence-electron chi connectivity index (χ3n) is 2.69. The normalized spacial score (nSPS) is 10.1. The van der Waals surface area contributed by atoms with E-state index in [0.717, 1.165) is 5.56 Å². The van der Waals surface area contributed by atoms with Gasteiger partial charge < -0.3 is 10.1 Å². The molecular formula is C15H15FN2O2. The van der Waals surface area contributed by atoms with Crippen LogP contribution in [0.2, 0.25) is 0 Å². The van der Waals surface area contributed by atoms with Gasteiger partial charge in [0.1, 0.15) is 5.82 Å². The number of amides is 1. The Kier molecular flexibility index (Phi) is 4.65. The molecular weight excluding hydrogens is 259 g/mol. The van der Waals surface area contributed by atoms with E-state index < -0.39 is 11.7 Å². The number of aromatic nitrogens is 1. The van der Waals surface area contributed by atoms with E-state index in [1.807, 2.05) is 6.92 Å². The third-order valence-corrected chi connectivity index (χ3v) is 2.69. The van der Waals surface area contributed by atoms with Gasteiger partial charge in [0.2, 0.25) is 5.88 Å². The van der Waals surface area contributed by atoms with Gasteiger partial charge in [-0.15, -0.1) is 0 Å². The van der Waals surface area contributed by atoms with E-state index in [-0.39, 0.29) is 12.1 Å². The van der Waals surface area contributed by atoms with E-state index in [2.05, 4.69) is 10.3 Å². The highest BCUT2D eigenvalue weighted by Crippen LogP contribution is 2.14. The number of halogens is 1. The molecule has 0 atom stereocenters. The van der Waals surface area contributed by atoms with Crippen LogP contribution in [0.15, 0.2) is 42.6 Å². The van der Waals surface area contributed by atoms with Crippen LogP contribution < -0.4 is 10.1 Å². The molecule has 0 aliphatic rings. The van der Waals surface area contributed by atoms with Crippen molar-refractivity contribution in [2.24, 2.45) is 0 Å². The van der Waals surface area contributed by atoms with E-state index in [1.54, 1.807) is 30.5 Å². The lowest BCUT2D eigenvalue weighted by molar-refractivity contribution is 0.0946. The van der Waals surface area contributed by atoms with Crippen LogP contribution in [0.3, 0.4) is 0 Å². The van der Waals surface area contributed by atoms with Crippen LogP contribution in [0.1, 0.15) is 22.8 Å². The topological polar surface area (TPSA) is 51.2 Å². The quantitative estimate of drug-likeness (QED) is 0.911. The van der Waals surface area contributed by atoms with Crippen LogP contribution in [0.25, 0.3) is 0 Å². The Morgan fingerprint density at radius 1 is 1.30 bits per heavy atom. The van der Waals surface area contributed by atoms with Gasteiger partial charge in [0.25, 0.3) is 5.91 Å². The number of hydrogen-bond donors (Lipinski definition) is 1. The summed E-state index contributed by atoms with van der Waals surface area (Å²) in [7, 11) is 0. The molecule has 5 heteroatoms. The van der Waals surface area contributed by atoms with Crippen molar-refractivity contribution in [2.75, 3.05) is 6.61 Å². The van der Waals surface area contributed by atoms with Gasteiger partial charge >= 0.3 is 0 Å². The monoisotopic (exact) mass is 274 g/mol. The first-order valence-corrected chi connectivity index (χ1v) is 6.31. The predicted molar refractivity (Wildman–Crippen MR) is 73.0 cm³/mol. The van der Waals surface area contributed by atoms with Crippen molar-refractivity contribution in [3.05, 3.63) is 59.5 Å². The maximum atomic E-state index is 13.5. The van der Waals surface area contributed by atoms with E-state index >= 15 is 0 Å². The van der Waals surface area contributed by atoms with E-state index in [4.69, 9.17) is 4.74 Å². The number of carbonyl (C=O) groups is 1. The van der Waals surface area contributed by atoms with Gasteiger partial charge in [0, 0.05) is 18.3 Å². The highest BCUT2D eigenvalue weighted by atomic mass is 19.1. The lowest BCUT2D eigenvalue weighted by atomic mass is 10.2. The molecule has 1 aromatic heterocycles. The molecule has 104 valence electrons. The minimum Gasteiger partial charge on any atom is -0.478 e. The number of nitrogens with zero attached hydrogens (tertiary/aromatic N) is 1. The van der Waals surface area contributed by atoms with Crippen LogP contribution in [-0.2, 0) is 6.54 Å². The molecule has 4 nitrogen and oxygen atoms in total. The average molecular weight is 274 g/mol. The van der Waals surface area contributed by atoms with Gasteiger partial charge in [-0.3, -0.25) is 4.79 Å². The van der Waals surface area contributed by atoms with Crippen molar-refractivity contribution in [1.29, 1.82) is 0 Å². The third kappa shape index (κ3) is 3.32. The maximum Gasteiger partial charge on any atom is 0.254 e. The largest absolute Gasteiger partial charge is 0.478 e. The van der Waals surface area contributed by atoms with Crippen molar-refractivity contribution in [3.8, 4) is 5.88 Å². The maximum absolute atomic E-state index is 13.5. The number of rotatable bonds is 5. The number of carbonyl (C=O) groups excluding carboxylic acids is 1. The molecule has 0 saturated carbocycles. The van der Waals surface area contributed by atoms with Gasteiger partial charge in [-0.1, -0.05) is 18.2 Å². The molecule has 2 rings (SSSR count). The van der Waals surface area contributed by atoms with Crippen LogP contribution >= 0.6 is 0 Å². The van der Waals surface area contributed by atoms with Gasteiger partial charge in [-0.25, -0.2) is 9.37 Å². The fraction of sp³-hybridized carbons (Fsp3) is 0.200. The Morgan fingerprint density at radius 3 is 2.85 bits per heavy atom. The molecule has 0 aliphatic heterocycles. The molecule has 20 heavy (non-hydrogen) atoms. The van der Waals surface area contributed by atoms with Crippen LogP contribution in [0.5, 0.6) is 5.88 Å². The molecule has 0 aliphatic carbocycles. The molecule has 1 N–H and O–H groups in total. The minimum atomic E-state index is -0.541. The lowest BCUT2D eigenvalue weighted by Crippen LogP contribution is -2.24. The Labute approximate surface area is 116 Å². The molecule has 2 aromatic rings. The summed E-state index contributed by atoms with van der Waals surface area (Å²) in [6, 6.07) is 9.42. The smallest absolute Gasteiger partial charge is 0.254 e. The van der Waals surface area contributed by atoms with Crippen molar-refractivity contribution >= 4 is 5.91 Å². The molecule has 0 fully saturated rings. The standard InChI is InChI=1S/C15H15FN2O2/c1-2-20-15-11(6-5-9-17-15)10-18-14(19)12-7-3-4-8-13(12)16/h3-9H,2,10H2,1H3,(H,18,19). The van der Waals surface area contributed by atoms with Crippen LogP contribution in [0.4, 0.5) is 4.39 Å². The molecule has 1 heterocycles. The molecule has 1 amide bonds. The average Bonchev–Trinajstić information content (AvgIpc) is 2.47. The molecule has 0 spiro atoms. The number of ether oxygens (including phenoxy) is 1. The van der Waals surface area contributed by atoms with E-state index in [0.29, 0.717) is 12.5 Å². The first kappa shape index (κ1) is 14.0. The lowest BCUT2D eigenvalue weighted by Gasteiger charge is -2.10. The summed E-state index contributed by atoms with van der Waals surface area (Å²) >= 11 is 0. The summed E-state index contributed by atoms with van der Waals surface area (Å²) in [5.41, 5.74) is 0.772. The van der Waals surface area contributed by atoms with Crippen molar-refractivity contribution in [3.63, 3.8) is 0 Å². The fourth-order valence-corrected chi connectivity index (χ4v) is 1.74. The van der Waals surface area contributed by atoms with Gasteiger partial charge in [-0.2, -0.15) is 0 Å². The van der Waals surface area contributed by atoms with E-state index in [1.165, 1.54) is 12.1 Å². The molecule has 0 bridgehead atoms. The van der Waals surface area contributed by atoms with Gasteiger partial charge in [0.05, 0.1) is 12.2 Å². The summed E-state index contributed by atoms with van der Waals surface area (Å²) < 4.78 is 18.8. The first-order chi connectivity index (χ1) is 9.72. The SMILES string of the molecule is CCOc1ncccc1CNC(=O)c1ccccc1F. The van der Waals surface area contributed by atoms with Gasteiger partial charge in [0.15, 0.2) is 0 Å². The molecule has 0 unspecified atom stereocenters. The van der Waals surface area contributed by atoms with E-state index in [9.17, 15) is 9.18 Å². The Bertz CT molecular complexity index is 602. The Hall–Kier alpha value is -2.43. The minimum absolute atomic E-state index is 0.0225. The number of hydrogen-bond acceptors (Lipinski definition) is 3. The second-order valence-corrected chi connectivity index (χ2v) is 4.06. The highest BCUT2D eigenvalue weighted by molar-refractivity contribution is 5.94. The summed E-state index contributed by atoms with van der Waals surface area (Å²) in [5.74, 6) is -0.528. The molecule has 0 radical (unpaired) electrons. The van der Waals surface area contributed by atoms with Crippen molar-refractivity contribution in [2.45, 2.75) is 13.5 Å². The number of nitrogens with one attached hydrogen (secondary N) is 1. The zero-order chi connectivity index (χ0) is 14.4. The summed E-state index contributed by atoms with van der Waals surface area (Å²) in [6.45, 7) is 2.58. The molecule has 1 aromatic carbocycles. The summed E-state index contributed by atoms with van der Waals surface area (Å²) in [6.07, 6.45) is 1.62. The molecule has 0 saturated heterocycles. The Balaban J connectivity index is 2.06. The van der Waals surface area contributed by atoms with Crippen molar-refractivity contribution in [1.82, 2.24) is 10.3 Å².